The number of aromatic nitrogens is 2. The van der Waals surface area contributed by atoms with Gasteiger partial charge in [0.25, 0.3) is 0 Å². The van der Waals surface area contributed by atoms with Crippen molar-refractivity contribution in [1.82, 2.24) is 10.2 Å². The number of nitrogens with one attached hydrogen (secondary N) is 1. The number of rotatable bonds is 4. The fraction of sp³-hybridized carbons (Fsp3) is 0.154. The summed E-state index contributed by atoms with van der Waals surface area (Å²) in [7, 11) is 0. The lowest BCUT2D eigenvalue weighted by molar-refractivity contribution is 0.0975. The Morgan fingerprint density at radius 1 is 1.17 bits per heavy atom. The van der Waals surface area contributed by atoms with E-state index in [1.54, 1.807) is 31.2 Å². The van der Waals surface area contributed by atoms with Gasteiger partial charge in [0.15, 0.2) is 10.9 Å². The number of benzene rings is 1. The Kier molecular flexibility index (Phi) is 3.89. The first kappa shape index (κ1) is 12.5. The monoisotopic (exact) mass is 261 g/mol. The van der Waals surface area contributed by atoms with Gasteiger partial charge in [0.2, 0.25) is 0 Å². The van der Waals surface area contributed by atoms with E-state index in [4.69, 9.17) is 11.6 Å². The maximum Gasteiger partial charge on any atom is 0.184 e. The average Bonchev–Trinajstić information content (AvgIpc) is 2.41. The number of Topliss-reactive ketones (excluding diaryl/α,β-unsaturated/α-hetero) is 1. The number of nitrogens with zero attached hydrogens (tertiary/aromatic N) is 2. The number of carbonyl (C=O) groups is 1. The largest absolute Gasteiger partial charge is 0.359 e. The highest BCUT2D eigenvalue weighted by atomic mass is 35.5. The van der Waals surface area contributed by atoms with Gasteiger partial charge in [-0.1, -0.05) is 41.9 Å². The van der Waals surface area contributed by atoms with Gasteiger partial charge < -0.3 is 5.32 Å². The zero-order chi connectivity index (χ0) is 13.0. The Labute approximate surface area is 110 Å². The van der Waals surface area contributed by atoms with Crippen molar-refractivity contribution in [2.75, 3.05) is 5.32 Å². The quantitative estimate of drug-likeness (QED) is 0.860. The van der Waals surface area contributed by atoms with Crippen LogP contribution in [0.4, 0.5) is 5.82 Å². The Bertz CT molecular complexity index is 528. The molecule has 1 N–H and O–H groups in total. The second-order valence-electron chi connectivity index (χ2n) is 3.84. The smallest absolute Gasteiger partial charge is 0.184 e. The minimum atomic E-state index is -0.372. The van der Waals surface area contributed by atoms with Crippen LogP contribution in [0.3, 0.4) is 0 Å². The Balaban J connectivity index is 2.06. The van der Waals surface area contributed by atoms with E-state index in [1.807, 2.05) is 18.2 Å². The van der Waals surface area contributed by atoms with Gasteiger partial charge in [0.05, 0.1) is 6.04 Å². The van der Waals surface area contributed by atoms with Gasteiger partial charge in [-0.15, -0.1) is 10.2 Å². The van der Waals surface area contributed by atoms with Gasteiger partial charge in [0, 0.05) is 5.56 Å². The van der Waals surface area contributed by atoms with Crippen molar-refractivity contribution in [2.24, 2.45) is 0 Å². The van der Waals surface area contributed by atoms with E-state index in [-0.39, 0.29) is 11.8 Å². The molecule has 0 bridgehead atoms. The highest BCUT2D eigenvalue weighted by Gasteiger charge is 2.14. The summed E-state index contributed by atoms with van der Waals surface area (Å²) >= 11 is 5.64. The molecule has 92 valence electrons. The summed E-state index contributed by atoms with van der Waals surface area (Å²) in [6.45, 7) is 1.78. The van der Waals surface area contributed by atoms with Gasteiger partial charge in [0.1, 0.15) is 5.82 Å². The number of hydrogen-bond acceptors (Lipinski definition) is 4. The molecule has 0 aliphatic carbocycles. The zero-order valence-electron chi connectivity index (χ0n) is 9.80. The molecule has 1 aromatic carbocycles. The first-order valence-corrected chi connectivity index (χ1v) is 5.89. The van der Waals surface area contributed by atoms with Crippen LogP contribution in [0.1, 0.15) is 17.3 Å². The molecule has 5 heteroatoms. The molecule has 2 rings (SSSR count). The number of anilines is 1. The van der Waals surface area contributed by atoms with E-state index in [9.17, 15) is 4.79 Å². The van der Waals surface area contributed by atoms with Gasteiger partial charge in [-0.3, -0.25) is 4.79 Å². The highest BCUT2D eigenvalue weighted by molar-refractivity contribution is 6.29. The van der Waals surface area contributed by atoms with Crippen molar-refractivity contribution in [1.29, 1.82) is 0 Å². The zero-order valence-corrected chi connectivity index (χ0v) is 10.6. The first-order chi connectivity index (χ1) is 8.66. The highest BCUT2D eigenvalue weighted by Crippen LogP contribution is 2.10. The summed E-state index contributed by atoms with van der Waals surface area (Å²) in [6, 6.07) is 12.1. The molecule has 0 spiro atoms. The third-order valence-corrected chi connectivity index (χ3v) is 2.65. The second kappa shape index (κ2) is 5.60. The molecule has 1 heterocycles. The van der Waals surface area contributed by atoms with E-state index in [0.717, 1.165) is 0 Å². The SMILES string of the molecule is CC(Nc1ccc(Cl)nn1)C(=O)c1ccccc1. The number of hydrogen-bond donors (Lipinski definition) is 1. The molecular weight excluding hydrogens is 250 g/mol. The normalized spacial score (nSPS) is 11.9. The molecular formula is C13H12ClN3O. The molecule has 2 aromatic rings. The standard InChI is InChI=1S/C13H12ClN3O/c1-9(13(18)10-5-3-2-4-6-10)15-12-8-7-11(14)16-17-12/h2-9H,1H3,(H,15,17). The first-order valence-electron chi connectivity index (χ1n) is 5.52. The molecule has 1 unspecified atom stereocenters. The molecule has 0 saturated carbocycles. The van der Waals surface area contributed by atoms with Crippen LogP contribution in [-0.4, -0.2) is 22.0 Å². The van der Waals surface area contributed by atoms with Crippen molar-refractivity contribution in [2.45, 2.75) is 13.0 Å². The molecule has 0 amide bonds. The fourth-order valence-electron chi connectivity index (χ4n) is 1.53. The van der Waals surface area contributed by atoms with Crippen LogP contribution in [0.2, 0.25) is 5.15 Å². The molecule has 0 aliphatic heterocycles. The van der Waals surface area contributed by atoms with Crippen molar-refractivity contribution in [3.05, 3.63) is 53.2 Å². The molecule has 1 aromatic heterocycles. The van der Waals surface area contributed by atoms with Crippen LogP contribution in [0, 0.1) is 0 Å². The van der Waals surface area contributed by atoms with Gasteiger partial charge in [-0.25, -0.2) is 0 Å². The van der Waals surface area contributed by atoms with Crippen LogP contribution in [0.25, 0.3) is 0 Å². The van der Waals surface area contributed by atoms with Crippen LogP contribution >= 0.6 is 11.6 Å². The third-order valence-electron chi connectivity index (χ3n) is 2.45. The summed E-state index contributed by atoms with van der Waals surface area (Å²) in [5.74, 6) is 0.531. The summed E-state index contributed by atoms with van der Waals surface area (Å²) in [5, 5.41) is 10.9. The average molecular weight is 262 g/mol. The fourth-order valence-corrected chi connectivity index (χ4v) is 1.63. The summed E-state index contributed by atoms with van der Waals surface area (Å²) in [6.07, 6.45) is 0. The van der Waals surface area contributed by atoms with Crippen LogP contribution in [0.15, 0.2) is 42.5 Å². The summed E-state index contributed by atoms with van der Waals surface area (Å²) in [4.78, 5) is 12.1. The minimum Gasteiger partial charge on any atom is -0.359 e. The van der Waals surface area contributed by atoms with Crippen LogP contribution in [0.5, 0.6) is 0 Å². The number of ketones is 1. The van der Waals surface area contributed by atoms with Crippen molar-refractivity contribution >= 4 is 23.2 Å². The Morgan fingerprint density at radius 3 is 2.50 bits per heavy atom. The lowest BCUT2D eigenvalue weighted by Crippen LogP contribution is -2.26. The summed E-state index contributed by atoms with van der Waals surface area (Å²) in [5.41, 5.74) is 0.666. The number of halogens is 1. The van der Waals surface area contributed by atoms with E-state index in [2.05, 4.69) is 15.5 Å². The van der Waals surface area contributed by atoms with Crippen molar-refractivity contribution < 1.29 is 4.79 Å². The van der Waals surface area contributed by atoms with Gasteiger partial charge in [-0.2, -0.15) is 0 Å². The van der Waals surface area contributed by atoms with Gasteiger partial charge >= 0.3 is 0 Å². The molecule has 0 radical (unpaired) electrons. The van der Waals surface area contributed by atoms with Crippen molar-refractivity contribution in [3.8, 4) is 0 Å². The van der Waals surface area contributed by atoms with E-state index in [1.165, 1.54) is 0 Å². The molecule has 18 heavy (non-hydrogen) atoms. The van der Waals surface area contributed by atoms with Crippen LogP contribution < -0.4 is 5.32 Å². The molecule has 0 aliphatic rings. The van der Waals surface area contributed by atoms with Crippen molar-refractivity contribution in [3.63, 3.8) is 0 Å². The Hall–Kier alpha value is -1.94. The van der Waals surface area contributed by atoms with E-state index >= 15 is 0 Å². The third kappa shape index (κ3) is 3.05. The second-order valence-corrected chi connectivity index (χ2v) is 4.22. The topological polar surface area (TPSA) is 54.9 Å². The van der Waals surface area contributed by atoms with E-state index < -0.39 is 0 Å². The predicted octanol–water partition coefficient (Wildman–Crippen LogP) is 2.81. The maximum absolute atomic E-state index is 12.1. The molecule has 4 nitrogen and oxygen atoms in total. The molecule has 0 saturated heterocycles. The molecule has 1 atom stereocenters. The lowest BCUT2D eigenvalue weighted by Gasteiger charge is -2.12. The summed E-state index contributed by atoms with van der Waals surface area (Å²) < 4.78 is 0. The van der Waals surface area contributed by atoms with Crippen LogP contribution in [-0.2, 0) is 0 Å². The predicted molar refractivity (Wildman–Crippen MR) is 70.9 cm³/mol. The molecule has 0 fully saturated rings. The Morgan fingerprint density at radius 2 is 1.89 bits per heavy atom. The minimum absolute atomic E-state index is 0.00681. The number of carbonyl (C=O) groups excluding carboxylic acids is 1. The maximum atomic E-state index is 12.1. The van der Waals surface area contributed by atoms with E-state index in [0.29, 0.717) is 16.5 Å². The lowest BCUT2D eigenvalue weighted by atomic mass is 10.1. The van der Waals surface area contributed by atoms with Gasteiger partial charge in [-0.05, 0) is 19.1 Å².